The summed E-state index contributed by atoms with van der Waals surface area (Å²) < 4.78 is 0. The number of anilines is 2. The van der Waals surface area contributed by atoms with Crippen LogP contribution in [-0.4, -0.2) is 31.6 Å². The molecule has 0 saturated heterocycles. The zero-order chi connectivity index (χ0) is 14.7. The van der Waals surface area contributed by atoms with Crippen LogP contribution in [0.2, 0.25) is 0 Å². The number of hydrogen-bond donors (Lipinski definition) is 3. The number of nitrogens with zero attached hydrogens (tertiary/aromatic N) is 1. The van der Waals surface area contributed by atoms with Crippen LogP contribution in [0.5, 0.6) is 0 Å². The van der Waals surface area contributed by atoms with Gasteiger partial charge in [-0.25, -0.2) is 4.79 Å². The van der Waals surface area contributed by atoms with E-state index in [1.807, 2.05) is 23.1 Å². The van der Waals surface area contributed by atoms with Crippen LogP contribution in [0.25, 0.3) is 0 Å². The van der Waals surface area contributed by atoms with Crippen LogP contribution < -0.4 is 21.3 Å². The van der Waals surface area contributed by atoms with Crippen molar-refractivity contribution in [3.8, 4) is 0 Å². The average molecular weight is 276 g/mol. The van der Waals surface area contributed by atoms with Gasteiger partial charge in [0.1, 0.15) is 6.04 Å². The van der Waals surface area contributed by atoms with Gasteiger partial charge in [-0.3, -0.25) is 10.1 Å². The van der Waals surface area contributed by atoms with Gasteiger partial charge in [-0.2, -0.15) is 0 Å². The number of imide groups is 1. The lowest BCUT2D eigenvalue weighted by Crippen LogP contribution is -2.50. The van der Waals surface area contributed by atoms with Gasteiger partial charge in [0, 0.05) is 25.0 Å². The number of rotatable bonds is 2. The Labute approximate surface area is 118 Å². The molecule has 4 N–H and O–H groups in total. The van der Waals surface area contributed by atoms with Gasteiger partial charge >= 0.3 is 6.03 Å². The SMILES string of the molecule is CNC(=O)NC(=O)C(C)N1CCCc2c(N)cccc21. The lowest BCUT2D eigenvalue weighted by Gasteiger charge is -2.35. The van der Waals surface area contributed by atoms with Crippen molar-refractivity contribution in [2.24, 2.45) is 0 Å². The van der Waals surface area contributed by atoms with Crippen LogP contribution >= 0.6 is 0 Å². The van der Waals surface area contributed by atoms with E-state index in [1.165, 1.54) is 7.05 Å². The summed E-state index contributed by atoms with van der Waals surface area (Å²) in [5.41, 5.74) is 8.81. The highest BCUT2D eigenvalue weighted by Crippen LogP contribution is 2.32. The Kier molecular flexibility index (Phi) is 4.12. The first-order chi connectivity index (χ1) is 9.54. The van der Waals surface area contributed by atoms with Crippen molar-refractivity contribution in [3.63, 3.8) is 0 Å². The van der Waals surface area contributed by atoms with Crippen molar-refractivity contribution in [2.75, 3.05) is 24.2 Å². The highest BCUT2D eigenvalue weighted by atomic mass is 16.2. The number of nitrogens with two attached hydrogens (primary N) is 1. The molecular weight excluding hydrogens is 256 g/mol. The Hall–Kier alpha value is -2.24. The van der Waals surface area contributed by atoms with E-state index in [0.717, 1.165) is 36.3 Å². The fraction of sp³-hybridized carbons (Fsp3) is 0.429. The number of nitrogens with one attached hydrogen (secondary N) is 2. The van der Waals surface area contributed by atoms with Crippen LogP contribution in [0.3, 0.4) is 0 Å². The average Bonchev–Trinajstić information content (AvgIpc) is 2.46. The third-order valence-electron chi connectivity index (χ3n) is 3.63. The predicted molar refractivity (Wildman–Crippen MR) is 78.6 cm³/mol. The summed E-state index contributed by atoms with van der Waals surface area (Å²) in [5, 5.41) is 4.68. The molecule has 2 rings (SSSR count). The van der Waals surface area contributed by atoms with Gasteiger partial charge in [0.2, 0.25) is 5.91 Å². The second-order valence-electron chi connectivity index (χ2n) is 4.89. The van der Waals surface area contributed by atoms with Crippen molar-refractivity contribution in [3.05, 3.63) is 23.8 Å². The zero-order valence-electron chi connectivity index (χ0n) is 11.8. The van der Waals surface area contributed by atoms with Gasteiger partial charge < -0.3 is 16.0 Å². The molecule has 1 aliphatic rings. The molecule has 1 unspecified atom stereocenters. The van der Waals surface area contributed by atoms with Gasteiger partial charge in [0.25, 0.3) is 0 Å². The number of nitrogen functional groups attached to an aromatic ring is 1. The van der Waals surface area contributed by atoms with Gasteiger partial charge in [0.05, 0.1) is 0 Å². The second-order valence-corrected chi connectivity index (χ2v) is 4.89. The highest BCUT2D eigenvalue weighted by molar-refractivity contribution is 5.98. The Morgan fingerprint density at radius 1 is 1.40 bits per heavy atom. The monoisotopic (exact) mass is 276 g/mol. The van der Waals surface area contributed by atoms with Crippen LogP contribution in [0.4, 0.5) is 16.2 Å². The number of carbonyl (C=O) groups is 2. The first kappa shape index (κ1) is 14.2. The third kappa shape index (κ3) is 2.68. The van der Waals surface area contributed by atoms with Crippen LogP contribution in [0.15, 0.2) is 18.2 Å². The molecule has 0 radical (unpaired) electrons. The topological polar surface area (TPSA) is 87.5 Å². The Morgan fingerprint density at radius 3 is 2.85 bits per heavy atom. The van der Waals surface area contributed by atoms with Crippen LogP contribution in [0, 0.1) is 0 Å². The predicted octanol–water partition coefficient (Wildman–Crippen LogP) is 0.866. The molecule has 108 valence electrons. The maximum atomic E-state index is 12.1. The molecule has 6 nitrogen and oxygen atoms in total. The first-order valence-corrected chi connectivity index (χ1v) is 6.71. The van der Waals surface area contributed by atoms with Gasteiger partial charge in [-0.05, 0) is 37.5 Å². The minimum Gasteiger partial charge on any atom is -0.398 e. The molecule has 0 spiro atoms. The molecule has 1 heterocycles. The van der Waals surface area contributed by atoms with E-state index in [1.54, 1.807) is 6.92 Å². The van der Waals surface area contributed by atoms with Crippen molar-refractivity contribution >= 4 is 23.3 Å². The molecule has 0 bridgehead atoms. The largest absolute Gasteiger partial charge is 0.398 e. The van der Waals surface area contributed by atoms with Gasteiger partial charge in [-0.15, -0.1) is 0 Å². The van der Waals surface area contributed by atoms with E-state index in [0.29, 0.717) is 0 Å². The maximum Gasteiger partial charge on any atom is 0.321 e. The minimum atomic E-state index is -0.494. The smallest absolute Gasteiger partial charge is 0.321 e. The van der Waals surface area contributed by atoms with E-state index >= 15 is 0 Å². The van der Waals surface area contributed by atoms with Gasteiger partial charge in [-0.1, -0.05) is 6.07 Å². The molecule has 3 amide bonds. The number of hydrogen-bond acceptors (Lipinski definition) is 4. The maximum absolute atomic E-state index is 12.1. The summed E-state index contributed by atoms with van der Waals surface area (Å²) in [5.74, 6) is -0.320. The summed E-state index contributed by atoms with van der Waals surface area (Å²) in [6.45, 7) is 2.56. The number of fused-ring (bicyclic) bond motifs is 1. The number of benzene rings is 1. The van der Waals surface area contributed by atoms with Crippen molar-refractivity contribution in [1.29, 1.82) is 0 Å². The summed E-state index contributed by atoms with van der Waals surface area (Å²) in [6.07, 6.45) is 1.86. The van der Waals surface area contributed by atoms with E-state index in [4.69, 9.17) is 5.73 Å². The molecule has 1 aromatic carbocycles. The molecule has 20 heavy (non-hydrogen) atoms. The molecule has 0 fully saturated rings. The first-order valence-electron chi connectivity index (χ1n) is 6.71. The second kappa shape index (κ2) is 5.81. The summed E-state index contributed by atoms with van der Waals surface area (Å²) in [6, 6.07) is 4.81. The molecule has 1 aliphatic heterocycles. The normalized spacial score (nSPS) is 15.2. The van der Waals surface area contributed by atoms with E-state index < -0.39 is 12.1 Å². The molecule has 6 heteroatoms. The number of amides is 3. The molecule has 0 aromatic heterocycles. The summed E-state index contributed by atoms with van der Waals surface area (Å²) in [7, 11) is 1.48. The number of carbonyl (C=O) groups excluding carboxylic acids is 2. The van der Waals surface area contributed by atoms with E-state index in [2.05, 4.69) is 10.6 Å². The van der Waals surface area contributed by atoms with Gasteiger partial charge in [0.15, 0.2) is 0 Å². The van der Waals surface area contributed by atoms with Crippen LogP contribution in [0.1, 0.15) is 18.9 Å². The van der Waals surface area contributed by atoms with Crippen molar-refractivity contribution in [1.82, 2.24) is 10.6 Å². The fourth-order valence-electron chi connectivity index (χ4n) is 2.50. The van der Waals surface area contributed by atoms with E-state index in [9.17, 15) is 9.59 Å². The molecular formula is C14H20N4O2. The van der Waals surface area contributed by atoms with Crippen molar-refractivity contribution < 1.29 is 9.59 Å². The Morgan fingerprint density at radius 2 is 2.15 bits per heavy atom. The quantitative estimate of drug-likeness (QED) is 0.699. The third-order valence-corrected chi connectivity index (χ3v) is 3.63. The molecule has 0 aliphatic carbocycles. The standard InChI is InChI=1S/C14H20N4O2/c1-9(13(19)17-14(20)16-2)18-8-4-5-10-11(15)6-3-7-12(10)18/h3,6-7,9H,4-5,8,15H2,1-2H3,(H2,16,17,19,20). The van der Waals surface area contributed by atoms with Crippen molar-refractivity contribution in [2.45, 2.75) is 25.8 Å². The lowest BCUT2D eigenvalue weighted by molar-refractivity contribution is -0.121. The lowest BCUT2D eigenvalue weighted by atomic mass is 9.98. The highest BCUT2D eigenvalue weighted by Gasteiger charge is 2.27. The molecule has 1 atom stereocenters. The molecule has 0 saturated carbocycles. The Balaban J connectivity index is 2.20. The number of urea groups is 1. The van der Waals surface area contributed by atoms with E-state index in [-0.39, 0.29) is 5.91 Å². The fourth-order valence-corrected chi connectivity index (χ4v) is 2.50. The summed E-state index contributed by atoms with van der Waals surface area (Å²) in [4.78, 5) is 25.3. The minimum absolute atomic E-state index is 0.320. The Bertz CT molecular complexity index is 530. The zero-order valence-corrected chi connectivity index (χ0v) is 11.8. The molecule has 1 aromatic rings. The summed E-state index contributed by atoms with van der Waals surface area (Å²) >= 11 is 0. The van der Waals surface area contributed by atoms with Crippen LogP contribution in [-0.2, 0) is 11.2 Å².